The number of carbonyl (C=O) groups excluding carboxylic acids is 2. The highest BCUT2D eigenvalue weighted by Gasteiger charge is 2.26. The van der Waals surface area contributed by atoms with Crippen molar-refractivity contribution in [3.05, 3.63) is 27.7 Å². The highest BCUT2D eigenvalue weighted by Crippen LogP contribution is 2.37. The van der Waals surface area contributed by atoms with Gasteiger partial charge in [0, 0.05) is 16.6 Å². The van der Waals surface area contributed by atoms with Gasteiger partial charge < -0.3 is 20.1 Å². The van der Waals surface area contributed by atoms with Gasteiger partial charge in [0.05, 0.1) is 0 Å². The van der Waals surface area contributed by atoms with Gasteiger partial charge in [-0.1, -0.05) is 54.5 Å². The van der Waals surface area contributed by atoms with Gasteiger partial charge >= 0.3 is 0 Å². The fraction of sp³-hybridized carbons (Fsp3) is 0.565. The molecule has 2 amide bonds. The molecule has 162 valence electrons. The molecule has 2 aliphatic carbocycles. The minimum atomic E-state index is -0.306. The molecule has 1 heterocycles. The number of rotatable bonds is 5. The summed E-state index contributed by atoms with van der Waals surface area (Å²) in [5.74, 6) is 0.655. The summed E-state index contributed by atoms with van der Waals surface area (Å²) in [6.07, 6.45) is 12.4. The van der Waals surface area contributed by atoms with Gasteiger partial charge in [-0.2, -0.15) is 0 Å². The minimum absolute atomic E-state index is 0.136. The van der Waals surface area contributed by atoms with Crippen molar-refractivity contribution in [3.63, 3.8) is 0 Å². The molecule has 0 unspecified atom stereocenters. The van der Waals surface area contributed by atoms with E-state index in [1.807, 2.05) is 6.07 Å². The van der Waals surface area contributed by atoms with Crippen molar-refractivity contribution in [2.75, 3.05) is 6.79 Å². The predicted molar refractivity (Wildman–Crippen MR) is 118 cm³/mol. The van der Waals surface area contributed by atoms with Crippen LogP contribution in [0.3, 0.4) is 0 Å². The van der Waals surface area contributed by atoms with E-state index in [1.54, 1.807) is 12.1 Å². The van der Waals surface area contributed by atoms with E-state index in [9.17, 15) is 9.59 Å². The van der Waals surface area contributed by atoms with Crippen LogP contribution in [0.25, 0.3) is 6.08 Å². The third-order valence-corrected chi connectivity index (χ3v) is 6.85. The Labute approximate surface area is 185 Å². The van der Waals surface area contributed by atoms with Crippen LogP contribution in [-0.2, 0) is 9.59 Å². The van der Waals surface area contributed by atoms with Crippen molar-refractivity contribution >= 4 is 33.8 Å². The second kappa shape index (κ2) is 9.86. The van der Waals surface area contributed by atoms with Crippen LogP contribution in [0.5, 0.6) is 11.5 Å². The molecule has 0 atom stereocenters. The number of benzene rings is 1. The average Bonchev–Trinajstić information content (AvgIpc) is 3.20. The van der Waals surface area contributed by atoms with E-state index in [4.69, 9.17) is 9.47 Å². The lowest BCUT2D eigenvalue weighted by Gasteiger charge is -2.25. The molecule has 0 spiro atoms. The molecule has 0 saturated heterocycles. The molecular formula is C23H29BrN2O4. The Morgan fingerprint density at radius 3 is 1.87 bits per heavy atom. The molecule has 0 radical (unpaired) electrons. The maximum absolute atomic E-state index is 13.1. The quantitative estimate of drug-likeness (QED) is 0.373. The number of amides is 2. The molecule has 4 rings (SSSR count). The summed E-state index contributed by atoms with van der Waals surface area (Å²) in [6, 6.07) is 3.88. The zero-order valence-electron chi connectivity index (χ0n) is 17.2. The number of nitrogens with one attached hydrogen (secondary N) is 2. The lowest BCUT2D eigenvalue weighted by atomic mass is 9.94. The smallest absolute Gasteiger partial charge is 0.257 e. The van der Waals surface area contributed by atoms with Gasteiger partial charge in [-0.3, -0.25) is 9.59 Å². The first-order valence-electron chi connectivity index (χ1n) is 11.0. The molecule has 1 aliphatic heterocycles. The highest BCUT2D eigenvalue weighted by molar-refractivity contribution is 9.10. The second-order valence-corrected chi connectivity index (χ2v) is 9.26. The summed E-state index contributed by atoms with van der Waals surface area (Å²) in [6.45, 7) is 0.173. The number of fused-ring (bicyclic) bond motifs is 1. The van der Waals surface area contributed by atoms with E-state index in [-0.39, 0.29) is 36.3 Å². The average molecular weight is 477 g/mol. The molecule has 1 aromatic rings. The number of ether oxygens (including phenoxy) is 2. The van der Waals surface area contributed by atoms with Gasteiger partial charge in [-0.25, -0.2) is 0 Å². The first-order chi connectivity index (χ1) is 14.6. The van der Waals surface area contributed by atoms with Crippen LogP contribution in [0.15, 0.2) is 22.2 Å². The number of hydrogen-bond donors (Lipinski definition) is 2. The molecule has 2 N–H and O–H groups in total. The summed E-state index contributed by atoms with van der Waals surface area (Å²) in [7, 11) is 0. The minimum Gasteiger partial charge on any atom is -0.454 e. The SMILES string of the molecule is O=C(NC1CCCCC1)C(=Cc1cc2c(cc1Br)OCO2)C(=O)NC1CCCCC1. The third kappa shape index (κ3) is 5.17. The van der Waals surface area contributed by atoms with Crippen molar-refractivity contribution in [3.8, 4) is 11.5 Å². The molecule has 0 bridgehead atoms. The molecular weight excluding hydrogens is 448 g/mol. The van der Waals surface area contributed by atoms with E-state index in [1.165, 1.54) is 12.8 Å². The Kier molecular flexibility index (Phi) is 6.97. The lowest BCUT2D eigenvalue weighted by Crippen LogP contribution is -2.43. The van der Waals surface area contributed by atoms with E-state index >= 15 is 0 Å². The highest BCUT2D eigenvalue weighted by atomic mass is 79.9. The van der Waals surface area contributed by atoms with Gasteiger partial charge in [0.15, 0.2) is 11.5 Å². The van der Waals surface area contributed by atoms with E-state index in [0.717, 1.165) is 55.8 Å². The van der Waals surface area contributed by atoms with Gasteiger partial charge in [0.2, 0.25) is 6.79 Å². The number of carbonyl (C=O) groups is 2. The van der Waals surface area contributed by atoms with E-state index in [2.05, 4.69) is 26.6 Å². The summed E-state index contributed by atoms with van der Waals surface area (Å²) < 4.78 is 11.6. The topological polar surface area (TPSA) is 76.7 Å². The number of hydrogen-bond acceptors (Lipinski definition) is 4. The van der Waals surface area contributed by atoms with Crippen LogP contribution in [0, 0.1) is 0 Å². The summed E-state index contributed by atoms with van der Waals surface area (Å²) in [5.41, 5.74) is 0.859. The van der Waals surface area contributed by atoms with Crippen molar-refractivity contribution in [2.24, 2.45) is 0 Å². The van der Waals surface area contributed by atoms with Crippen LogP contribution < -0.4 is 20.1 Å². The van der Waals surface area contributed by atoms with Crippen molar-refractivity contribution in [1.29, 1.82) is 0 Å². The zero-order chi connectivity index (χ0) is 20.9. The molecule has 7 heteroatoms. The van der Waals surface area contributed by atoms with Crippen molar-refractivity contribution in [2.45, 2.75) is 76.3 Å². The van der Waals surface area contributed by atoms with Crippen LogP contribution in [0.4, 0.5) is 0 Å². The van der Waals surface area contributed by atoms with Gasteiger partial charge in [-0.05, 0) is 49.5 Å². The van der Waals surface area contributed by atoms with Gasteiger partial charge in [-0.15, -0.1) is 0 Å². The fourth-order valence-corrected chi connectivity index (χ4v) is 4.89. The van der Waals surface area contributed by atoms with Crippen LogP contribution in [0.1, 0.15) is 69.8 Å². The Bertz CT molecular complexity index is 793. The first kappa shape index (κ1) is 21.2. The molecule has 30 heavy (non-hydrogen) atoms. The molecule has 2 fully saturated rings. The Morgan fingerprint density at radius 1 is 0.833 bits per heavy atom. The molecule has 6 nitrogen and oxygen atoms in total. The van der Waals surface area contributed by atoms with Crippen LogP contribution >= 0.6 is 15.9 Å². The monoisotopic (exact) mass is 476 g/mol. The predicted octanol–water partition coefficient (Wildman–Crippen LogP) is 4.46. The van der Waals surface area contributed by atoms with Crippen molar-refractivity contribution in [1.82, 2.24) is 10.6 Å². The Morgan fingerprint density at radius 2 is 1.33 bits per heavy atom. The van der Waals surface area contributed by atoms with E-state index in [0.29, 0.717) is 17.1 Å². The van der Waals surface area contributed by atoms with Crippen LogP contribution in [0.2, 0.25) is 0 Å². The molecule has 2 saturated carbocycles. The summed E-state index contributed by atoms with van der Waals surface area (Å²) in [5, 5.41) is 6.18. The maximum Gasteiger partial charge on any atom is 0.257 e. The first-order valence-corrected chi connectivity index (χ1v) is 11.8. The molecule has 0 aromatic heterocycles. The van der Waals surface area contributed by atoms with Gasteiger partial charge in [0.25, 0.3) is 11.8 Å². The lowest BCUT2D eigenvalue weighted by molar-refractivity contribution is -0.124. The second-order valence-electron chi connectivity index (χ2n) is 8.40. The molecule has 3 aliphatic rings. The van der Waals surface area contributed by atoms with E-state index < -0.39 is 0 Å². The van der Waals surface area contributed by atoms with Crippen LogP contribution in [-0.4, -0.2) is 30.7 Å². The zero-order valence-corrected chi connectivity index (χ0v) is 18.8. The Hall–Kier alpha value is -2.02. The largest absolute Gasteiger partial charge is 0.454 e. The normalized spacial score (nSPS) is 19.2. The molecule has 1 aromatic carbocycles. The summed E-state index contributed by atoms with van der Waals surface area (Å²) in [4.78, 5) is 26.3. The Balaban J connectivity index is 1.58. The third-order valence-electron chi connectivity index (χ3n) is 6.16. The fourth-order valence-electron chi connectivity index (χ4n) is 4.45. The standard InChI is InChI=1S/C23H29BrN2O4/c24-19-13-21-20(29-14-30-21)12-15(19)11-18(22(27)25-16-7-3-1-4-8-16)23(28)26-17-9-5-2-6-10-17/h11-13,16-17H,1-10,14H2,(H,25,27)(H,26,28). The van der Waals surface area contributed by atoms with Gasteiger partial charge in [0.1, 0.15) is 5.57 Å². The number of halogens is 1. The maximum atomic E-state index is 13.1. The summed E-state index contributed by atoms with van der Waals surface area (Å²) >= 11 is 3.53. The van der Waals surface area contributed by atoms with Crippen molar-refractivity contribution < 1.29 is 19.1 Å².